The highest BCUT2D eigenvalue weighted by atomic mass is 16.4. The van der Waals surface area contributed by atoms with Crippen molar-refractivity contribution in [2.24, 2.45) is 17.1 Å². The molecular formula is C10H21NO2. The summed E-state index contributed by atoms with van der Waals surface area (Å²) in [5.74, 6) is -0.340. The van der Waals surface area contributed by atoms with Crippen molar-refractivity contribution in [3.8, 4) is 0 Å². The van der Waals surface area contributed by atoms with E-state index in [9.17, 15) is 4.79 Å². The van der Waals surface area contributed by atoms with Gasteiger partial charge in [-0.05, 0) is 19.3 Å². The number of hydrogen-bond donors (Lipinski definition) is 2. The summed E-state index contributed by atoms with van der Waals surface area (Å²) < 4.78 is 0. The van der Waals surface area contributed by atoms with Crippen LogP contribution in [-0.4, -0.2) is 17.6 Å². The van der Waals surface area contributed by atoms with Gasteiger partial charge in [-0.15, -0.1) is 0 Å². The Morgan fingerprint density at radius 2 is 2.15 bits per heavy atom. The molecule has 0 aliphatic heterocycles. The standard InChI is InChI=1S/C10H21NO2/c1-4-5-8(2)6-10(3,7-11)9(12)13/h8H,4-7,11H2,1-3H3,(H,12,13). The van der Waals surface area contributed by atoms with E-state index in [-0.39, 0.29) is 6.54 Å². The average Bonchev–Trinajstić information content (AvgIpc) is 2.04. The van der Waals surface area contributed by atoms with Crippen LogP contribution in [0.4, 0.5) is 0 Å². The van der Waals surface area contributed by atoms with Crippen molar-refractivity contribution in [1.29, 1.82) is 0 Å². The predicted octanol–water partition coefficient (Wildman–Crippen LogP) is 1.86. The third-order valence-electron chi connectivity index (χ3n) is 2.55. The van der Waals surface area contributed by atoms with Crippen molar-refractivity contribution < 1.29 is 9.90 Å². The molecule has 0 aliphatic rings. The number of rotatable bonds is 6. The van der Waals surface area contributed by atoms with Crippen LogP contribution in [0.25, 0.3) is 0 Å². The van der Waals surface area contributed by atoms with Gasteiger partial charge in [0.05, 0.1) is 5.41 Å². The Balaban J connectivity index is 4.18. The summed E-state index contributed by atoms with van der Waals surface area (Å²) in [5, 5.41) is 8.97. The lowest BCUT2D eigenvalue weighted by atomic mass is 9.80. The summed E-state index contributed by atoms with van der Waals surface area (Å²) in [5.41, 5.74) is 4.73. The minimum absolute atomic E-state index is 0.219. The fourth-order valence-corrected chi connectivity index (χ4v) is 1.62. The molecule has 2 unspecified atom stereocenters. The minimum atomic E-state index is -0.780. The third kappa shape index (κ3) is 3.77. The maximum Gasteiger partial charge on any atom is 0.310 e. The molecule has 0 saturated carbocycles. The lowest BCUT2D eigenvalue weighted by Gasteiger charge is -2.26. The summed E-state index contributed by atoms with van der Waals surface area (Å²) in [6.45, 7) is 6.13. The molecule has 0 saturated heterocycles. The molecule has 0 fully saturated rings. The molecule has 3 heteroatoms. The van der Waals surface area contributed by atoms with E-state index >= 15 is 0 Å². The Bertz CT molecular complexity index is 170. The van der Waals surface area contributed by atoms with Crippen molar-refractivity contribution in [3.05, 3.63) is 0 Å². The van der Waals surface area contributed by atoms with Gasteiger partial charge in [0, 0.05) is 6.54 Å². The smallest absolute Gasteiger partial charge is 0.310 e. The molecule has 0 aliphatic carbocycles. The van der Waals surface area contributed by atoms with Crippen molar-refractivity contribution >= 4 is 5.97 Å². The van der Waals surface area contributed by atoms with Gasteiger partial charge >= 0.3 is 5.97 Å². The van der Waals surface area contributed by atoms with Gasteiger partial charge < -0.3 is 10.8 Å². The highest BCUT2D eigenvalue weighted by Gasteiger charge is 2.32. The number of carboxylic acids is 1. The van der Waals surface area contributed by atoms with Gasteiger partial charge in [0.15, 0.2) is 0 Å². The molecule has 0 heterocycles. The van der Waals surface area contributed by atoms with Crippen LogP contribution in [0.3, 0.4) is 0 Å². The monoisotopic (exact) mass is 187 g/mol. The molecule has 2 atom stereocenters. The first-order valence-electron chi connectivity index (χ1n) is 4.89. The second-order valence-corrected chi connectivity index (χ2v) is 4.17. The fourth-order valence-electron chi connectivity index (χ4n) is 1.62. The summed E-state index contributed by atoms with van der Waals surface area (Å²) >= 11 is 0. The number of hydrogen-bond acceptors (Lipinski definition) is 2. The number of carboxylic acid groups (broad SMARTS) is 1. The SMILES string of the molecule is CCCC(C)CC(C)(CN)C(=O)O. The van der Waals surface area contributed by atoms with Crippen LogP contribution in [0.1, 0.15) is 40.0 Å². The van der Waals surface area contributed by atoms with Crippen LogP contribution in [-0.2, 0) is 4.79 Å². The van der Waals surface area contributed by atoms with Crippen molar-refractivity contribution in [3.63, 3.8) is 0 Å². The summed E-state index contributed by atoms with van der Waals surface area (Å²) in [4.78, 5) is 10.9. The molecule has 0 radical (unpaired) electrons. The van der Waals surface area contributed by atoms with Crippen LogP contribution in [0.2, 0.25) is 0 Å². The number of aliphatic carboxylic acids is 1. The normalized spacial score (nSPS) is 17.8. The first-order valence-corrected chi connectivity index (χ1v) is 4.89. The highest BCUT2D eigenvalue weighted by molar-refractivity contribution is 5.74. The van der Waals surface area contributed by atoms with Gasteiger partial charge in [-0.25, -0.2) is 0 Å². The molecule has 0 bridgehead atoms. The predicted molar refractivity (Wildman–Crippen MR) is 53.5 cm³/mol. The largest absolute Gasteiger partial charge is 0.481 e. The molecular weight excluding hydrogens is 166 g/mol. The van der Waals surface area contributed by atoms with Gasteiger partial charge in [-0.2, -0.15) is 0 Å². The summed E-state index contributed by atoms with van der Waals surface area (Å²) in [6, 6.07) is 0. The molecule has 0 aromatic carbocycles. The molecule has 3 N–H and O–H groups in total. The zero-order chi connectivity index (χ0) is 10.5. The van der Waals surface area contributed by atoms with Crippen LogP contribution in [0.15, 0.2) is 0 Å². The lowest BCUT2D eigenvalue weighted by Crippen LogP contribution is -2.37. The second kappa shape index (κ2) is 5.22. The van der Waals surface area contributed by atoms with E-state index in [4.69, 9.17) is 10.8 Å². The van der Waals surface area contributed by atoms with E-state index in [0.717, 1.165) is 12.8 Å². The second-order valence-electron chi connectivity index (χ2n) is 4.17. The van der Waals surface area contributed by atoms with E-state index in [1.807, 2.05) is 0 Å². The maximum absolute atomic E-state index is 10.9. The Labute approximate surface area is 80.3 Å². The van der Waals surface area contributed by atoms with E-state index in [1.165, 1.54) is 0 Å². The molecule has 0 amide bonds. The third-order valence-corrected chi connectivity index (χ3v) is 2.55. The number of carbonyl (C=O) groups is 1. The summed E-state index contributed by atoms with van der Waals surface area (Å²) in [6.07, 6.45) is 2.84. The molecule has 0 aromatic rings. The van der Waals surface area contributed by atoms with Crippen LogP contribution >= 0.6 is 0 Å². The van der Waals surface area contributed by atoms with E-state index in [2.05, 4.69) is 13.8 Å². The molecule has 0 rings (SSSR count). The van der Waals surface area contributed by atoms with Crippen molar-refractivity contribution in [1.82, 2.24) is 0 Å². The zero-order valence-corrected chi connectivity index (χ0v) is 8.84. The quantitative estimate of drug-likeness (QED) is 0.667. The van der Waals surface area contributed by atoms with E-state index in [0.29, 0.717) is 12.3 Å². The van der Waals surface area contributed by atoms with Crippen LogP contribution in [0, 0.1) is 11.3 Å². The van der Waals surface area contributed by atoms with Gasteiger partial charge in [0.25, 0.3) is 0 Å². The minimum Gasteiger partial charge on any atom is -0.481 e. The first kappa shape index (κ1) is 12.4. The first-order chi connectivity index (χ1) is 5.96. The average molecular weight is 187 g/mol. The molecule has 0 spiro atoms. The Hall–Kier alpha value is -0.570. The van der Waals surface area contributed by atoms with E-state index in [1.54, 1.807) is 6.92 Å². The van der Waals surface area contributed by atoms with Crippen LogP contribution < -0.4 is 5.73 Å². The van der Waals surface area contributed by atoms with Crippen molar-refractivity contribution in [2.75, 3.05) is 6.54 Å². The van der Waals surface area contributed by atoms with Gasteiger partial charge in [-0.1, -0.05) is 26.7 Å². The lowest BCUT2D eigenvalue weighted by molar-refractivity contribution is -0.148. The molecule has 0 aromatic heterocycles. The van der Waals surface area contributed by atoms with Crippen molar-refractivity contribution in [2.45, 2.75) is 40.0 Å². The van der Waals surface area contributed by atoms with Gasteiger partial charge in [-0.3, -0.25) is 4.79 Å². The van der Waals surface area contributed by atoms with E-state index < -0.39 is 11.4 Å². The summed E-state index contributed by atoms with van der Waals surface area (Å²) in [7, 11) is 0. The van der Waals surface area contributed by atoms with Gasteiger partial charge in [0.1, 0.15) is 0 Å². The molecule has 78 valence electrons. The number of nitrogens with two attached hydrogens (primary N) is 1. The maximum atomic E-state index is 10.9. The van der Waals surface area contributed by atoms with Crippen LogP contribution in [0.5, 0.6) is 0 Å². The highest BCUT2D eigenvalue weighted by Crippen LogP contribution is 2.27. The van der Waals surface area contributed by atoms with Gasteiger partial charge in [0.2, 0.25) is 0 Å². The Morgan fingerprint density at radius 3 is 2.46 bits per heavy atom. The Kier molecular flexibility index (Phi) is 4.99. The fraction of sp³-hybridized carbons (Fsp3) is 0.900. The Morgan fingerprint density at radius 1 is 1.62 bits per heavy atom. The molecule has 3 nitrogen and oxygen atoms in total. The molecule has 13 heavy (non-hydrogen) atoms. The topological polar surface area (TPSA) is 63.3 Å². The zero-order valence-electron chi connectivity index (χ0n) is 8.84.